The van der Waals surface area contributed by atoms with Crippen molar-refractivity contribution in [2.24, 2.45) is 0 Å². The Morgan fingerprint density at radius 3 is 3.07 bits per heavy atom. The summed E-state index contributed by atoms with van der Waals surface area (Å²) in [6, 6.07) is 3.74. The maximum absolute atomic E-state index is 4.17. The van der Waals surface area contributed by atoms with Crippen LogP contribution in [0.3, 0.4) is 0 Å². The first kappa shape index (κ1) is 9.08. The van der Waals surface area contributed by atoms with E-state index in [4.69, 9.17) is 0 Å². The molecule has 0 bridgehead atoms. The molecule has 0 aliphatic heterocycles. The molecule has 0 saturated carbocycles. The van der Waals surface area contributed by atoms with Crippen LogP contribution in [0.4, 0.5) is 5.82 Å². The summed E-state index contributed by atoms with van der Waals surface area (Å²) in [6.07, 6.45) is 3.53. The van der Waals surface area contributed by atoms with E-state index in [0.717, 1.165) is 17.4 Å². The normalized spacial score (nSPS) is 10.1. The minimum Gasteiger partial charge on any atom is -0.364 e. The van der Waals surface area contributed by atoms with Crippen molar-refractivity contribution in [1.29, 1.82) is 0 Å². The molecule has 0 aliphatic rings. The van der Waals surface area contributed by atoms with Crippen LogP contribution in [0.5, 0.6) is 0 Å². The molecule has 0 unspecified atom stereocenters. The molecule has 0 spiro atoms. The Labute approximate surface area is 86.0 Å². The summed E-state index contributed by atoms with van der Waals surface area (Å²) < 4.78 is 0. The molecule has 0 radical (unpaired) electrons. The van der Waals surface area contributed by atoms with Crippen LogP contribution in [-0.4, -0.2) is 15.2 Å². The molecule has 0 aromatic carbocycles. The fourth-order valence-electron chi connectivity index (χ4n) is 1.06. The third-order valence-electron chi connectivity index (χ3n) is 1.69. The van der Waals surface area contributed by atoms with Crippen molar-refractivity contribution in [2.45, 2.75) is 13.5 Å². The van der Waals surface area contributed by atoms with E-state index in [1.165, 1.54) is 4.88 Å². The number of thiazole rings is 1. The summed E-state index contributed by atoms with van der Waals surface area (Å²) in [4.78, 5) is 5.37. The Balaban J connectivity index is 1.95. The van der Waals surface area contributed by atoms with Crippen LogP contribution in [0.25, 0.3) is 0 Å². The smallest absolute Gasteiger partial charge is 0.148 e. The van der Waals surface area contributed by atoms with Gasteiger partial charge in [-0.15, -0.1) is 16.4 Å². The van der Waals surface area contributed by atoms with Gasteiger partial charge in [0.15, 0.2) is 0 Å². The van der Waals surface area contributed by atoms with Gasteiger partial charge >= 0.3 is 0 Å². The van der Waals surface area contributed by atoms with Gasteiger partial charge in [-0.05, 0) is 19.1 Å². The number of nitrogens with zero attached hydrogens (tertiary/aromatic N) is 3. The van der Waals surface area contributed by atoms with Gasteiger partial charge in [-0.1, -0.05) is 0 Å². The Bertz CT molecular complexity index is 398. The number of aryl methyl sites for hydroxylation is 1. The van der Waals surface area contributed by atoms with Crippen molar-refractivity contribution in [2.75, 3.05) is 5.32 Å². The zero-order valence-corrected chi connectivity index (χ0v) is 8.58. The highest BCUT2D eigenvalue weighted by atomic mass is 32.1. The molecule has 2 heterocycles. The second-order valence-electron chi connectivity index (χ2n) is 2.81. The van der Waals surface area contributed by atoms with E-state index < -0.39 is 0 Å². The summed E-state index contributed by atoms with van der Waals surface area (Å²) in [7, 11) is 0. The molecular formula is C9H10N4S. The maximum atomic E-state index is 4.17. The summed E-state index contributed by atoms with van der Waals surface area (Å²) >= 11 is 1.69. The highest BCUT2D eigenvalue weighted by Crippen LogP contribution is 2.12. The van der Waals surface area contributed by atoms with Gasteiger partial charge < -0.3 is 5.32 Å². The van der Waals surface area contributed by atoms with Crippen molar-refractivity contribution in [3.63, 3.8) is 0 Å². The monoisotopic (exact) mass is 206 g/mol. The van der Waals surface area contributed by atoms with Gasteiger partial charge in [0.2, 0.25) is 0 Å². The van der Waals surface area contributed by atoms with Crippen molar-refractivity contribution < 1.29 is 0 Å². The molecule has 4 nitrogen and oxygen atoms in total. The number of hydrogen-bond acceptors (Lipinski definition) is 5. The Morgan fingerprint density at radius 1 is 1.50 bits per heavy atom. The van der Waals surface area contributed by atoms with Crippen LogP contribution in [0.15, 0.2) is 24.5 Å². The molecule has 1 N–H and O–H groups in total. The average Bonchev–Trinajstić information content (AvgIpc) is 2.63. The number of anilines is 1. The van der Waals surface area contributed by atoms with E-state index >= 15 is 0 Å². The van der Waals surface area contributed by atoms with Crippen molar-refractivity contribution >= 4 is 17.2 Å². The first-order valence-corrected chi connectivity index (χ1v) is 5.09. The minimum atomic E-state index is 0.754. The van der Waals surface area contributed by atoms with Gasteiger partial charge in [-0.25, -0.2) is 4.98 Å². The summed E-state index contributed by atoms with van der Waals surface area (Å²) in [6.45, 7) is 2.75. The average molecular weight is 206 g/mol. The highest BCUT2D eigenvalue weighted by molar-refractivity contribution is 7.11. The zero-order valence-electron chi connectivity index (χ0n) is 7.77. The molecule has 14 heavy (non-hydrogen) atoms. The quantitative estimate of drug-likeness (QED) is 0.832. The van der Waals surface area contributed by atoms with E-state index in [-0.39, 0.29) is 0 Å². The lowest BCUT2D eigenvalue weighted by Crippen LogP contribution is -1.99. The fourth-order valence-corrected chi connectivity index (χ4v) is 1.80. The summed E-state index contributed by atoms with van der Waals surface area (Å²) in [5.41, 5.74) is 0. The standard InChI is InChI=1S/C9H10N4S/c1-7-10-5-8(14-7)6-11-9-3-2-4-12-13-9/h2-5H,6H2,1H3,(H,11,13). The molecule has 0 fully saturated rings. The molecule has 2 rings (SSSR count). The lowest BCUT2D eigenvalue weighted by atomic mass is 10.5. The van der Waals surface area contributed by atoms with Gasteiger partial charge in [0.05, 0.1) is 11.6 Å². The molecule has 0 amide bonds. The van der Waals surface area contributed by atoms with E-state index in [0.29, 0.717) is 0 Å². The Kier molecular flexibility index (Phi) is 2.69. The number of hydrogen-bond donors (Lipinski definition) is 1. The first-order valence-electron chi connectivity index (χ1n) is 4.27. The third kappa shape index (κ3) is 2.26. The predicted octanol–water partition coefficient (Wildman–Crippen LogP) is 1.85. The van der Waals surface area contributed by atoms with Crippen LogP contribution in [0.2, 0.25) is 0 Å². The fraction of sp³-hybridized carbons (Fsp3) is 0.222. The lowest BCUT2D eigenvalue weighted by molar-refractivity contribution is 1.00. The molecule has 2 aromatic heterocycles. The largest absolute Gasteiger partial charge is 0.364 e. The van der Waals surface area contributed by atoms with Crippen LogP contribution in [-0.2, 0) is 6.54 Å². The lowest BCUT2D eigenvalue weighted by Gasteiger charge is -2.00. The van der Waals surface area contributed by atoms with Gasteiger partial charge in [-0.2, -0.15) is 5.10 Å². The second kappa shape index (κ2) is 4.15. The van der Waals surface area contributed by atoms with Gasteiger partial charge in [-0.3, -0.25) is 0 Å². The van der Waals surface area contributed by atoms with Gasteiger partial charge in [0, 0.05) is 17.3 Å². The van der Waals surface area contributed by atoms with Crippen LogP contribution in [0.1, 0.15) is 9.88 Å². The topological polar surface area (TPSA) is 50.7 Å². The van der Waals surface area contributed by atoms with Crippen molar-refractivity contribution in [1.82, 2.24) is 15.2 Å². The van der Waals surface area contributed by atoms with Crippen molar-refractivity contribution in [3.05, 3.63) is 34.4 Å². The molecule has 0 atom stereocenters. The summed E-state index contributed by atoms with van der Waals surface area (Å²) in [5, 5.41) is 12.0. The van der Waals surface area contributed by atoms with Crippen LogP contribution in [0, 0.1) is 6.92 Å². The van der Waals surface area contributed by atoms with Crippen LogP contribution >= 0.6 is 11.3 Å². The molecule has 0 aliphatic carbocycles. The number of rotatable bonds is 3. The molecular weight excluding hydrogens is 196 g/mol. The number of aromatic nitrogens is 3. The molecule has 72 valence electrons. The van der Waals surface area contributed by atoms with E-state index in [1.807, 2.05) is 25.3 Å². The second-order valence-corrected chi connectivity index (χ2v) is 4.13. The predicted molar refractivity (Wildman–Crippen MR) is 56.2 cm³/mol. The minimum absolute atomic E-state index is 0.754. The van der Waals surface area contributed by atoms with Gasteiger partial charge in [0.25, 0.3) is 0 Å². The highest BCUT2D eigenvalue weighted by Gasteiger charge is 1.98. The first-order chi connectivity index (χ1) is 6.84. The molecule has 5 heteroatoms. The van der Waals surface area contributed by atoms with E-state index in [9.17, 15) is 0 Å². The Hall–Kier alpha value is -1.49. The third-order valence-corrected chi connectivity index (χ3v) is 2.60. The van der Waals surface area contributed by atoms with E-state index in [1.54, 1.807) is 17.5 Å². The van der Waals surface area contributed by atoms with Crippen molar-refractivity contribution in [3.8, 4) is 0 Å². The SMILES string of the molecule is Cc1ncc(CNc2cccnn2)s1. The van der Waals surface area contributed by atoms with E-state index in [2.05, 4.69) is 20.5 Å². The number of nitrogens with one attached hydrogen (secondary N) is 1. The zero-order chi connectivity index (χ0) is 9.80. The Morgan fingerprint density at radius 2 is 2.43 bits per heavy atom. The maximum Gasteiger partial charge on any atom is 0.148 e. The summed E-state index contributed by atoms with van der Waals surface area (Å²) in [5.74, 6) is 0.790. The molecule has 0 saturated heterocycles. The molecule has 2 aromatic rings. The van der Waals surface area contributed by atoms with Gasteiger partial charge in [0.1, 0.15) is 5.82 Å². The van der Waals surface area contributed by atoms with Crippen LogP contribution < -0.4 is 5.32 Å².